The van der Waals surface area contributed by atoms with Crippen molar-refractivity contribution in [2.75, 3.05) is 6.61 Å². The van der Waals surface area contributed by atoms with Gasteiger partial charge >= 0.3 is 0 Å². The minimum atomic E-state index is -0.528. The van der Waals surface area contributed by atoms with E-state index >= 15 is 0 Å². The van der Waals surface area contributed by atoms with Crippen LogP contribution in [0.5, 0.6) is 0 Å². The van der Waals surface area contributed by atoms with Gasteiger partial charge < -0.3 is 4.74 Å². The van der Waals surface area contributed by atoms with Crippen LogP contribution < -0.4 is 0 Å². The summed E-state index contributed by atoms with van der Waals surface area (Å²) in [7, 11) is 0. The zero-order valence-corrected chi connectivity index (χ0v) is 8.39. The molecule has 0 aromatic carbocycles. The fraction of sp³-hybridized carbons (Fsp3) is 0.900. The van der Waals surface area contributed by atoms with Gasteiger partial charge in [-0.3, -0.25) is 4.79 Å². The van der Waals surface area contributed by atoms with E-state index in [9.17, 15) is 4.79 Å². The quantitative estimate of drug-likeness (QED) is 0.633. The average Bonchev–Trinajstić information content (AvgIpc) is 2.15. The number of ketones is 1. The summed E-state index contributed by atoms with van der Waals surface area (Å²) in [5.74, 6) is 0.993. The highest BCUT2D eigenvalue weighted by Crippen LogP contribution is 2.29. The number of Topliss-reactive ketones (excluding diaryl/α,β-unsaturated/α-hetero) is 1. The van der Waals surface area contributed by atoms with E-state index in [1.165, 1.54) is 0 Å². The Labute approximate surface area is 74.3 Å². The van der Waals surface area contributed by atoms with Crippen molar-refractivity contribution in [2.45, 2.75) is 39.7 Å². The third-order valence-corrected chi connectivity index (χ3v) is 2.37. The monoisotopic (exact) mass is 170 g/mol. The van der Waals surface area contributed by atoms with Gasteiger partial charge in [-0.1, -0.05) is 13.8 Å². The molecule has 0 N–H and O–H groups in total. The van der Waals surface area contributed by atoms with E-state index in [4.69, 9.17) is 4.74 Å². The van der Waals surface area contributed by atoms with Gasteiger partial charge in [0.1, 0.15) is 5.60 Å². The van der Waals surface area contributed by atoms with Gasteiger partial charge in [0.15, 0.2) is 5.78 Å². The molecule has 70 valence electrons. The Morgan fingerprint density at radius 1 is 1.58 bits per heavy atom. The Morgan fingerprint density at radius 2 is 2.17 bits per heavy atom. The predicted octanol–water partition coefficient (Wildman–Crippen LogP) is 2.03. The van der Waals surface area contributed by atoms with Crippen LogP contribution in [0.15, 0.2) is 0 Å². The summed E-state index contributed by atoms with van der Waals surface area (Å²) in [6.45, 7) is 8.60. The lowest BCUT2D eigenvalue weighted by Gasteiger charge is -2.14. The summed E-state index contributed by atoms with van der Waals surface area (Å²) >= 11 is 0. The van der Waals surface area contributed by atoms with Gasteiger partial charge in [-0.25, -0.2) is 0 Å². The molecule has 0 amide bonds. The zero-order valence-electron chi connectivity index (χ0n) is 8.39. The van der Waals surface area contributed by atoms with Crippen LogP contribution in [0.2, 0.25) is 0 Å². The van der Waals surface area contributed by atoms with Crippen LogP contribution in [-0.2, 0) is 9.53 Å². The molecular weight excluding hydrogens is 152 g/mol. The van der Waals surface area contributed by atoms with Gasteiger partial charge in [-0.05, 0) is 26.2 Å². The highest BCUT2D eigenvalue weighted by molar-refractivity contribution is 5.90. The molecule has 2 heteroatoms. The molecular formula is C10H18O2. The zero-order chi connectivity index (χ0) is 9.35. The molecule has 12 heavy (non-hydrogen) atoms. The minimum absolute atomic E-state index is 0.139. The van der Waals surface area contributed by atoms with E-state index in [-0.39, 0.29) is 11.7 Å². The number of carbonyl (C=O) groups is 1. The van der Waals surface area contributed by atoms with Crippen LogP contribution in [0.3, 0.4) is 0 Å². The Morgan fingerprint density at radius 3 is 2.50 bits per heavy atom. The molecule has 0 aromatic heterocycles. The van der Waals surface area contributed by atoms with Crippen molar-refractivity contribution in [1.82, 2.24) is 0 Å². The Kier molecular flexibility index (Phi) is 2.57. The number of carbonyl (C=O) groups excluding carboxylic acids is 1. The number of ether oxygens (including phenoxy) is 1. The summed E-state index contributed by atoms with van der Waals surface area (Å²) in [5.41, 5.74) is -0.528. The van der Waals surface area contributed by atoms with Crippen LogP contribution in [0.25, 0.3) is 0 Å². The van der Waals surface area contributed by atoms with Crippen molar-refractivity contribution in [2.24, 2.45) is 11.8 Å². The second kappa shape index (κ2) is 3.17. The third-order valence-electron chi connectivity index (χ3n) is 2.37. The van der Waals surface area contributed by atoms with Crippen molar-refractivity contribution >= 4 is 5.78 Å². The maximum absolute atomic E-state index is 11.6. The number of rotatable bonds is 2. The Bertz CT molecular complexity index is 182. The summed E-state index contributed by atoms with van der Waals surface area (Å²) in [6, 6.07) is 0. The van der Waals surface area contributed by atoms with Crippen molar-refractivity contribution in [3.05, 3.63) is 0 Å². The molecule has 1 rings (SSSR count). The minimum Gasteiger partial charge on any atom is -0.367 e. The van der Waals surface area contributed by atoms with Crippen molar-refractivity contribution in [3.8, 4) is 0 Å². The van der Waals surface area contributed by atoms with E-state index in [2.05, 4.69) is 13.8 Å². The maximum atomic E-state index is 11.6. The fourth-order valence-electron chi connectivity index (χ4n) is 1.69. The average molecular weight is 170 g/mol. The molecule has 0 spiro atoms. The van der Waals surface area contributed by atoms with Crippen LogP contribution in [0, 0.1) is 11.8 Å². The van der Waals surface area contributed by atoms with E-state index in [0.29, 0.717) is 12.5 Å². The van der Waals surface area contributed by atoms with E-state index in [1.807, 2.05) is 13.8 Å². The van der Waals surface area contributed by atoms with Gasteiger partial charge in [0.25, 0.3) is 0 Å². The topological polar surface area (TPSA) is 26.3 Å². The first-order chi connectivity index (χ1) is 5.43. The molecule has 1 fully saturated rings. The second-order valence-corrected chi connectivity index (χ2v) is 4.51. The number of hydrogen-bond acceptors (Lipinski definition) is 2. The molecule has 1 unspecified atom stereocenters. The van der Waals surface area contributed by atoms with Crippen molar-refractivity contribution in [1.29, 1.82) is 0 Å². The van der Waals surface area contributed by atoms with E-state index < -0.39 is 5.60 Å². The first-order valence-corrected chi connectivity index (χ1v) is 4.62. The van der Waals surface area contributed by atoms with Gasteiger partial charge in [0.2, 0.25) is 0 Å². The maximum Gasteiger partial charge on any atom is 0.169 e. The lowest BCUT2D eigenvalue weighted by Crippen LogP contribution is -2.30. The molecule has 0 aromatic rings. The summed E-state index contributed by atoms with van der Waals surface area (Å²) in [4.78, 5) is 11.6. The highest BCUT2D eigenvalue weighted by atomic mass is 16.5. The predicted molar refractivity (Wildman–Crippen MR) is 48.0 cm³/mol. The molecule has 1 aliphatic rings. The Hall–Kier alpha value is -0.370. The first kappa shape index (κ1) is 9.72. The lowest BCUT2D eigenvalue weighted by molar-refractivity contribution is -0.130. The van der Waals surface area contributed by atoms with Crippen LogP contribution in [0.1, 0.15) is 34.1 Å². The second-order valence-electron chi connectivity index (χ2n) is 4.51. The summed E-state index contributed by atoms with van der Waals surface area (Å²) < 4.78 is 5.42. The lowest BCUT2D eigenvalue weighted by atomic mass is 9.89. The smallest absolute Gasteiger partial charge is 0.169 e. The SMILES string of the molecule is CC(C)CC1COC(C)(C)C1=O. The largest absolute Gasteiger partial charge is 0.367 e. The number of hydrogen-bond donors (Lipinski definition) is 0. The molecule has 0 bridgehead atoms. The van der Waals surface area contributed by atoms with Crippen molar-refractivity contribution < 1.29 is 9.53 Å². The van der Waals surface area contributed by atoms with Gasteiger partial charge in [0.05, 0.1) is 6.61 Å². The highest BCUT2D eigenvalue weighted by Gasteiger charge is 2.41. The molecule has 1 aliphatic heterocycles. The summed E-state index contributed by atoms with van der Waals surface area (Å²) in [5, 5.41) is 0. The molecule has 0 saturated carbocycles. The van der Waals surface area contributed by atoms with Crippen LogP contribution >= 0.6 is 0 Å². The van der Waals surface area contributed by atoms with Crippen LogP contribution in [-0.4, -0.2) is 18.0 Å². The van der Waals surface area contributed by atoms with Crippen LogP contribution in [0.4, 0.5) is 0 Å². The molecule has 2 nitrogen and oxygen atoms in total. The standard InChI is InChI=1S/C10H18O2/c1-7(2)5-8-6-12-10(3,4)9(8)11/h7-8H,5-6H2,1-4H3. The summed E-state index contributed by atoms with van der Waals surface area (Å²) in [6.07, 6.45) is 0.961. The van der Waals surface area contributed by atoms with Gasteiger partial charge in [0, 0.05) is 5.92 Å². The molecule has 1 saturated heterocycles. The fourth-order valence-corrected chi connectivity index (χ4v) is 1.69. The van der Waals surface area contributed by atoms with Gasteiger partial charge in [-0.15, -0.1) is 0 Å². The van der Waals surface area contributed by atoms with Gasteiger partial charge in [-0.2, -0.15) is 0 Å². The molecule has 0 radical (unpaired) electrons. The molecule has 0 aliphatic carbocycles. The van der Waals surface area contributed by atoms with Crippen molar-refractivity contribution in [3.63, 3.8) is 0 Å². The Balaban J connectivity index is 2.56. The molecule has 1 atom stereocenters. The first-order valence-electron chi connectivity index (χ1n) is 4.62. The van der Waals surface area contributed by atoms with E-state index in [0.717, 1.165) is 6.42 Å². The normalized spacial score (nSPS) is 28.4. The molecule has 1 heterocycles. The van der Waals surface area contributed by atoms with E-state index in [1.54, 1.807) is 0 Å². The third kappa shape index (κ3) is 1.86.